The van der Waals surface area contributed by atoms with Gasteiger partial charge in [0, 0.05) is 4.88 Å². The van der Waals surface area contributed by atoms with Gasteiger partial charge in [0.05, 0.1) is 20.9 Å². The molecule has 90 valence electrons. The summed E-state index contributed by atoms with van der Waals surface area (Å²) >= 11 is 19.1. The molecule has 0 amide bonds. The molecule has 2 heterocycles. The lowest BCUT2D eigenvalue weighted by atomic mass is 10.4. The van der Waals surface area contributed by atoms with Crippen molar-refractivity contribution in [1.82, 2.24) is 4.98 Å². The standard InChI is InChI=1S/C10H8Cl3N3S/c11-6-3-7(12)10(16-9(6)14)15-4-5-1-2-8(13)17-5/h1-3H,4H2,(H3,14,15,16). The first-order valence-corrected chi connectivity index (χ1v) is 6.61. The molecule has 2 aromatic heterocycles. The summed E-state index contributed by atoms with van der Waals surface area (Å²) in [5.41, 5.74) is 5.60. The number of nitrogens with two attached hydrogens (primary N) is 1. The summed E-state index contributed by atoms with van der Waals surface area (Å²) in [5.74, 6) is 0.765. The second-order valence-electron chi connectivity index (χ2n) is 3.25. The molecule has 7 heteroatoms. The Labute approximate surface area is 118 Å². The van der Waals surface area contributed by atoms with Crippen LogP contribution in [0, 0.1) is 0 Å². The summed E-state index contributed by atoms with van der Waals surface area (Å²) < 4.78 is 0.747. The van der Waals surface area contributed by atoms with Gasteiger partial charge in [0.2, 0.25) is 0 Å². The van der Waals surface area contributed by atoms with Crippen LogP contribution in [0.25, 0.3) is 0 Å². The quantitative estimate of drug-likeness (QED) is 0.889. The van der Waals surface area contributed by atoms with E-state index in [1.807, 2.05) is 12.1 Å². The lowest BCUT2D eigenvalue weighted by molar-refractivity contribution is 1.14. The maximum atomic E-state index is 5.99. The van der Waals surface area contributed by atoms with E-state index in [9.17, 15) is 0 Å². The van der Waals surface area contributed by atoms with Gasteiger partial charge in [0.25, 0.3) is 0 Å². The Morgan fingerprint density at radius 2 is 2.00 bits per heavy atom. The van der Waals surface area contributed by atoms with E-state index in [4.69, 9.17) is 40.5 Å². The van der Waals surface area contributed by atoms with Crippen molar-refractivity contribution in [3.63, 3.8) is 0 Å². The van der Waals surface area contributed by atoms with Crippen LogP contribution >= 0.6 is 46.1 Å². The molecule has 2 aromatic rings. The molecule has 0 unspecified atom stereocenters. The minimum absolute atomic E-state index is 0.253. The van der Waals surface area contributed by atoms with Crippen molar-refractivity contribution in [1.29, 1.82) is 0 Å². The third-order valence-electron chi connectivity index (χ3n) is 2.02. The van der Waals surface area contributed by atoms with Gasteiger partial charge in [-0.05, 0) is 18.2 Å². The number of rotatable bonds is 3. The molecular formula is C10H8Cl3N3S. The molecule has 0 aromatic carbocycles. The average molecular weight is 309 g/mol. The van der Waals surface area contributed by atoms with Gasteiger partial charge in [-0.25, -0.2) is 4.98 Å². The predicted molar refractivity (Wildman–Crippen MR) is 75.3 cm³/mol. The van der Waals surface area contributed by atoms with E-state index >= 15 is 0 Å². The van der Waals surface area contributed by atoms with E-state index in [0.717, 1.165) is 9.21 Å². The lowest BCUT2D eigenvalue weighted by Gasteiger charge is -2.07. The molecule has 0 aliphatic carbocycles. The topological polar surface area (TPSA) is 50.9 Å². The van der Waals surface area contributed by atoms with Crippen LogP contribution in [0.3, 0.4) is 0 Å². The number of anilines is 2. The Morgan fingerprint density at radius 1 is 1.24 bits per heavy atom. The third-order valence-corrected chi connectivity index (χ3v) is 3.84. The normalized spacial score (nSPS) is 10.5. The van der Waals surface area contributed by atoms with Crippen LogP contribution in [-0.4, -0.2) is 4.98 Å². The van der Waals surface area contributed by atoms with Gasteiger partial charge >= 0.3 is 0 Å². The van der Waals surface area contributed by atoms with Gasteiger partial charge in [-0.1, -0.05) is 34.8 Å². The average Bonchev–Trinajstić information content (AvgIpc) is 2.68. The number of pyridine rings is 1. The molecule has 17 heavy (non-hydrogen) atoms. The number of aromatic nitrogens is 1. The molecule has 0 aliphatic rings. The first-order valence-electron chi connectivity index (χ1n) is 4.66. The summed E-state index contributed by atoms with van der Waals surface area (Å²) in [4.78, 5) is 5.15. The second kappa shape index (κ2) is 5.31. The van der Waals surface area contributed by atoms with E-state index in [2.05, 4.69) is 10.3 Å². The minimum Gasteiger partial charge on any atom is -0.382 e. The fourth-order valence-electron chi connectivity index (χ4n) is 1.22. The molecule has 0 bridgehead atoms. The molecule has 0 fully saturated rings. The molecule has 2 rings (SSSR count). The van der Waals surface area contributed by atoms with E-state index in [0.29, 0.717) is 22.4 Å². The number of nitrogen functional groups attached to an aromatic ring is 1. The highest BCUT2D eigenvalue weighted by molar-refractivity contribution is 7.16. The zero-order chi connectivity index (χ0) is 12.4. The van der Waals surface area contributed by atoms with Gasteiger partial charge in [-0.2, -0.15) is 0 Å². The number of halogens is 3. The Balaban J connectivity index is 2.11. The third kappa shape index (κ3) is 3.16. The minimum atomic E-state index is 0.253. The lowest BCUT2D eigenvalue weighted by Crippen LogP contribution is -2.03. The van der Waals surface area contributed by atoms with E-state index in [1.54, 1.807) is 6.07 Å². The number of nitrogens with zero attached hydrogens (tertiary/aromatic N) is 1. The molecule has 3 N–H and O–H groups in total. The zero-order valence-electron chi connectivity index (χ0n) is 8.51. The highest BCUT2D eigenvalue weighted by Gasteiger charge is 2.07. The smallest absolute Gasteiger partial charge is 0.147 e. The van der Waals surface area contributed by atoms with Crippen LogP contribution in [0.15, 0.2) is 18.2 Å². The SMILES string of the molecule is Nc1nc(NCc2ccc(Cl)s2)c(Cl)cc1Cl. The van der Waals surface area contributed by atoms with E-state index in [-0.39, 0.29) is 5.82 Å². The molecule has 0 atom stereocenters. The Kier molecular flexibility index (Phi) is 3.99. The largest absolute Gasteiger partial charge is 0.382 e. The van der Waals surface area contributed by atoms with E-state index < -0.39 is 0 Å². The number of thiophene rings is 1. The Morgan fingerprint density at radius 3 is 2.65 bits per heavy atom. The summed E-state index contributed by atoms with van der Waals surface area (Å²) in [7, 11) is 0. The van der Waals surface area contributed by atoms with E-state index in [1.165, 1.54) is 11.3 Å². The van der Waals surface area contributed by atoms with Crippen LogP contribution in [0.2, 0.25) is 14.4 Å². The number of nitrogens with one attached hydrogen (secondary N) is 1. The fraction of sp³-hybridized carbons (Fsp3) is 0.100. The summed E-state index contributed by atoms with van der Waals surface area (Å²) in [6.45, 7) is 0.588. The van der Waals surface area contributed by atoms with Crippen LogP contribution in [0.5, 0.6) is 0 Å². The van der Waals surface area contributed by atoms with Gasteiger partial charge in [0.1, 0.15) is 11.6 Å². The van der Waals surface area contributed by atoms with Crippen molar-refractivity contribution in [2.45, 2.75) is 6.54 Å². The van der Waals surface area contributed by atoms with Crippen LogP contribution in [0.4, 0.5) is 11.6 Å². The van der Waals surface area contributed by atoms with Crippen molar-refractivity contribution in [3.05, 3.63) is 37.5 Å². The first kappa shape index (κ1) is 12.8. The Bertz CT molecular complexity index is 542. The molecule has 0 radical (unpaired) electrons. The molecule has 0 aliphatic heterocycles. The fourth-order valence-corrected chi connectivity index (χ4v) is 2.68. The highest BCUT2D eigenvalue weighted by Crippen LogP contribution is 2.28. The van der Waals surface area contributed by atoms with Crippen molar-refractivity contribution in [2.24, 2.45) is 0 Å². The molecule has 0 saturated heterocycles. The summed E-state index contributed by atoms with van der Waals surface area (Å²) in [6.07, 6.45) is 0. The van der Waals surface area contributed by atoms with Crippen molar-refractivity contribution < 1.29 is 0 Å². The van der Waals surface area contributed by atoms with Crippen LogP contribution < -0.4 is 11.1 Å². The van der Waals surface area contributed by atoms with Crippen molar-refractivity contribution in [2.75, 3.05) is 11.1 Å². The maximum absolute atomic E-state index is 5.99. The molecule has 0 saturated carbocycles. The maximum Gasteiger partial charge on any atom is 0.147 e. The van der Waals surface area contributed by atoms with Crippen LogP contribution in [0.1, 0.15) is 4.88 Å². The van der Waals surface area contributed by atoms with Gasteiger partial charge in [0.15, 0.2) is 0 Å². The number of hydrogen-bond acceptors (Lipinski definition) is 4. The molecule has 3 nitrogen and oxygen atoms in total. The van der Waals surface area contributed by atoms with Gasteiger partial charge < -0.3 is 11.1 Å². The molecular weight excluding hydrogens is 301 g/mol. The first-order chi connectivity index (χ1) is 8.06. The molecule has 0 spiro atoms. The summed E-state index contributed by atoms with van der Waals surface area (Å²) in [6, 6.07) is 5.34. The second-order valence-corrected chi connectivity index (χ2v) is 5.86. The number of hydrogen-bond donors (Lipinski definition) is 2. The Hall–Kier alpha value is -0.680. The van der Waals surface area contributed by atoms with Crippen molar-refractivity contribution >= 4 is 57.8 Å². The van der Waals surface area contributed by atoms with Crippen molar-refractivity contribution in [3.8, 4) is 0 Å². The highest BCUT2D eigenvalue weighted by atomic mass is 35.5. The summed E-state index contributed by atoms with van der Waals surface area (Å²) in [5, 5.41) is 3.86. The predicted octanol–water partition coefficient (Wildman–Crippen LogP) is 4.30. The van der Waals surface area contributed by atoms with Crippen LogP contribution in [-0.2, 0) is 6.54 Å². The zero-order valence-corrected chi connectivity index (χ0v) is 11.6. The van der Waals surface area contributed by atoms with Gasteiger partial charge in [-0.3, -0.25) is 0 Å². The monoisotopic (exact) mass is 307 g/mol. The van der Waals surface area contributed by atoms with Gasteiger partial charge in [-0.15, -0.1) is 11.3 Å².